The van der Waals surface area contributed by atoms with Crippen LogP contribution in [0.15, 0.2) is 34.4 Å². The number of rotatable bonds is 4. The number of thiophene rings is 1. The Morgan fingerprint density at radius 2 is 1.97 bits per heavy atom. The summed E-state index contributed by atoms with van der Waals surface area (Å²) in [4.78, 5) is 29.7. The lowest BCUT2D eigenvalue weighted by Crippen LogP contribution is -2.48. The first kappa shape index (κ1) is 24.3. The van der Waals surface area contributed by atoms with Crippen LogP contribution in [0.2, 0.25) is 0 Å². The van der Waals surface area contributed by atoms with Crippen molar-refractivity contribution in [1.29, 1.82) is 0 Å². The number of amides is 1. The minimum Gasteiger partial charge on any atom is -0.349 e. The summed E-state index contributed by atoms with van der Waals surface area (Å²) in [5, 5.41) is 8.70. The molecule has 2 N–H and O–H groups in total. The molecule has 5 rings (SSSR count). The Bertz CT molecular complexity index is 941. The Balaban J connectivity index is 0.00000136. The molecule has 2 aromatic heterocycles. The molecule has 0 spiro atoms. The molecule has 2 aromatic rings. The monoisotopic (exact) mass is 484 g/mol. The Labute approximate surface area is 199 Å². The second-order valence-corrected chi connectivity index (χ2v) is 9.68. The number of nitrogens with one attached hydrogen (secondary N) is 2. The number of piperidine rings is 2. The smallest absolute Gasteiger partial charge is 0.263 e. The number of fused-ring (bicyclic) bond motifs is 4. The van der Waals surface area contributed by atoms with Crippen LogP contribution in [-0.4, -0.2) is 47.6 Å². The number of nitrogens with zero attached hydrogens (tertiary/aromatic N) is 2. The Hall–Kier alpha value is -1.38. The minimum atomic E-state index is -0.212. The zero-order chi connectivity index (χ0) is 19.8. The second-order valence-electron chi connectivity index (χ2n) is 8.65. The van der Waals surface area contributed by atoms with Crippen molar-refractivity contribution < 1.29 is 4.79 Å². The van der Waals surface area contributed by atoms with E-state index in [-0.39, 0.29) is 42.3 Å². The lowest BCUT2D eigenvalue weighted by molar-refractivity contribution is 0.0906. The van der Waals surface area contributed by atoms with Gasteiger partial charge in [-0.25, -0.2) is 0 Å². The van der Waals surface area contributed by atoms with E-state index in [9.17, 15) is 9.59 Å². The molecule has 2 atom stereocenters. The van der Waals surface area contributed by atoms with Crippen LogP contribution in [0.5, 0.6) is 0 Å². The number of halogens is 2. The lowest BCUT2D eigenvalue weighted by Gasteiger charge is -2.37. The van der Waals surface area contributed by atoms with Crippen molar-refractivity contribution in [2.75, 3.05) is 26.2 Å². The van der Waals surface area contributed by atoms with Crippen molar-refractivity contribution in [3.05, 3.63) is 56.1 Å². The highest BCUT2D eigenvalue weighted by Gasteiger charge is 2.32. The van der Waals surface area contributed by atoms with E-state index in [1.807, 2.05) is 10.6 Å². The molecule has 2 saturated heterocycles. The quantitative estimate of drug-likeness (QED) is 0.699. The molecule has 170 valence electrons. The van der Waals surface area contributed by atoms with Gasteiger partial charge < -0.3 is 15.2 Å². The number of carbonyl (C=O) groups is 1. The molecule has 0 unspecified atom stereocenters. The van der Waals surface area contributed by atoms with Crippen LogP contribution in [-0.2, 0) is 13.1 Å². The van der Waals surface area contributed by atoms with E-state index in [1.165, 1.54) is 4.88 Å². The van der Waals surface area contributed by atoms with Crippen LogP contribution < -0.4 is 16.2 Å². The number of pyridine rings is 1. The summed E-state index contributed by atoms with van der Waals surface area (Å²) in [6.07, 6.45) is 3.00. The molecular formula is C22H30Cl2N4O2S. The molecule has 1 amide bonds. The summed E-state index contributed by atoms with van der Waals surface area (Å²) in [6.45, 7) is 5.54. The van der Waals surface area contributed by atoms with E-state index < -0.39 is 0 Å². The molecule has 2 bridgehead atoms. The van der Waals surface area contributed by atoms with Crippen molar-refractivity contribution in [3.63, 3.8) is 0 Å². The maximum Gasteiger partial charge on any atom is 0.263 e. The molecule has 0 aliphatic carbocycles. The predicted molar refractivity (Wildman–Crippen MR) is 129 cm³/mol. The highest BCUT2D eigenvalue weighted by molar-refractivity contribution is 7.09. The topological polar surface area (TPSA) is 66.4 Å². The summed E-state index contributed by atoms with van der Waals surface area (Å²) in [6, 6.07) is 8.14. The number of likely N-dealkylation sites (tertiary alicyclic amines) is 1. The van der Waals surface area contributed by atoms with E-state index >= 15 is 0 Å². The molecule has 31 heavy (non-hydrogen) atoms. The second kappa shape index (κ2) is 10.5. The highest BCUT2D eigenvalue weighted by atomic mass is 35.5. The van der Waals surface area contributed by atoms with Crippen LogP contribution in [0, 0.1) is 5.92 Å². The van der Waals surface area contributed by atoms with Gasteiger partial charge in [-0.15, -0.1) is 36.2 Å². The van der Waals surface area contributed by atoms with Gasteiger partial charge in [0.25, 0.3) is 11.5 Å². The molecule has 3 aliphatic rings. The summed E-state index contributed by atoms with van der Waals surface area (Å²) in [5.41, 5.74) is 1.26. The van der Waals surface area contributed by atoms with E-state index in [2.05, 4.69) is 33.0 Å². The van der Waals surface area contributed by atoms with Gasteiger partial charge in [0.1, 0.15) is 5.56 Å². The molecular weight excluding hydrogens is 455 g/mol. The summed E-state index contributed by atoms with van der Waals surface area (Å²) in [7, 11) is 0. The average molecular weight is 485 g/mol. The molecule has 5 heterocycles. The molecule has 0 radical (unpaired) electrons. The van der Waals surface area contributed by atoms with Crippen LogP contribution in [0.25, 0.3) is 0 Å². The van der Waals surface area contributed by atoms with Gasteiger partial charge in [-0.1, -0.05) is 6.07 Å². The molecule has 6 nitrogen and oxygen atoms in total. The molecule has 0 saturated carbocycles. The maximum absolute atomic E-state index is 13.0. The molecule has 3 aliphatic heterocycles. The maximum atomic E-state index is 13.0. The molecule has 9 heteroatoms. The van der Waals surface area contributed by atoms with Crippen LogP contribution in [0.4, 0.5) is 0 Å². The van der Waals surface area contributed by atoms with Crippen molar-refractivity contribution in [2.45, 2.75) is 44.3 Å². The number of hydrogen-bond donors (Lipinski definition) is 2. The van der Waals surface area contributed by atoms with Gasteiger partial charge in [0.15, 0.2) is 0 Å². The molecule has 2 fully saturated rings. The van der Waals surface area contributed by atoms with Gasteiger partial charge >= 0.3 is 0 Å². The third-order valence-corrected chi connectivity index (χ3v) is 7.50. The van der Waals surface area contributed by atoms with E-state index in [0.717, 1.165) is 64.2 Å². The third kappa shape index (κ3) is 5.17. The Morgan fingerprint density at radius 1 is 1.16 bits per heavy atom. The first-order valence-corrected chi connectivity index (χ1v) is 11.6. The van der Waals surface area contributed by atoms with Crippen LogP contribution in [0.3, 0.4) is 0 Å². The normalized spacial score (nSPS) is 23.2. The molecule has 0 aromatic carbocycles. The summed E-state index contributed by atoms with van der Waals surface area (Å²) >= 11 is 1.79. The largest absolute Gasteiger partial charge is 0.349 e. The fourth-order valence-corrected chi connectivity index (χ4v) is 5.83. The van der Waals surface area contributed by atoms with Crippen LogP contribution in [0.1, 0.15) is 46.1 Å². The minimum absolute atomic E-state index is 0. The average Bonchev–Trinajstić information content (AvgIpc) is 3.23. The van der Waals surface area contributed by atoms with Gasteiger partial charge in [0.2, 0.25) is 0 Å². The SMILES string of the molecule is Cl.Cl.O=C(NC1CCN(Cc2cccs2)CC1)c1ccc2n(c1=O)C[C@@H]1CNC[C@H]2C1. The van der Waals surface area contributed by atoms with Gasteiger partial charge in [0, 0.05) is 55.3 Å². The van der Waals surface area contributed by atoms with Crippen molar-refractivity contribution in [2.24, 2.45) is 5.92 Å². The first-order chi connectivity index (χ1) is 14.2. The first-order valence-electron chi connectivity index (χ1n) is 10.7. The Morgan fingerprint density at radius 3 is 2.71 bits per heavy atom. The van der Waals surface area contributed by atoms with Crippen molar-refractivity contribution in [1.82, 2.24) is 20.1 Å². The van der Waals surface area contributed by atoms with Crippen molar-refractivity contribution >= 4 is 42.1 Å². The number of carbonyl (C=O) groups excluding carboxylic acids is 1. The van der Waals surface area contributed by atoms with E-state index in [1.54, 1.807) is 17.4 Å². The van der Waals surface area contributed by atoms with Gasteiger partial charge in [-0.3, -0.25) is 14.5 Å². The van der Waals surface area contributed by atoms with Crippen LogP contribution >= 0.6 is 36.2 Å². The standard InChI is InChI=1S/C22H28N4O2S.2ClH/c27-21(24-17-5-7-25(8-6-17)14-18-2-1-9-29-18)19-3-4-20-16-10-15(11-23-12-16)13-26(20)22(19)28;;/h1-4,9,15-17,23H,5-8,10-14H2,(H,24,27);2*1H/t15-,16+;;/m0../s1. The van der Waals surface area contributed by atoms with Gasteiger partial charge in [0.05, 0.1) is 0 Å². The summed E-state index contributed by atoms with van der Waals surface area (Å²) < 4.78 is 1.86. The Kier molecular flexibility index (Phi) is 8.21. The van der Waals surface area contributed by atoms with Gasteiger partial charge in [-0.2, -0.15) is 0 Å². The van der Waals surface area contributed by atoms with Crippen molar-refractivity contribution in [3.8, 4) is 0 Å². The zero-order valence-electron chi connectivity index (χ0n) is 17.4. The number of aromatic nitrogens is 1. The predicted octanol–water partition coefficient (Wildman–Crippen LogP) is 2.85. The lowest BCUT2D eigenvalue weighted by atomic mass is 9.84. The summed E-state index contributed by atoms with van der Waals surface area (Å²) in [5.74, 6) is 0.667. The zero-order valence-corrected chi connectivity index (χ0v) is 19.9. The third-order valence-electron chi connectivity index (χ3n) is 6.64. The number of hydrogen-bond acceptors (Lipinski definition) is 5. The van der Waals surface area contributed by atoms with E-state index in [0.29, 0.717) is 17.4 Å². The fraction of sp³-hybridized carbons (Fsp3) is 0.545. The van der Waals surface area contributed by atoms with E-state index in [4.69, 9.17) is 0 Å². The highest BCUT2D eigenvalue weighted by Crippen LogP contribution is 2.31. The fourth-order valence-electron chi connectivity index (χ4n) is 5.09. The van der Waals surface area contributed by atoms with Gasteiger partial charge in [-0.05, 0) is 55.3 Å².